The molecule has 2 aromatic heterocycles. The largest absolute Gasteiger partial charge is 0.444 e. The van der Waals surface area contributed by atoms with E-state index in [1.807, 2.05) is 6.20 Å². The van der Waals surface area contributed by atoms with Gasteiger partial charge in [-0.1, -0.05) is 0 Å². The van der Waals surface area contributed by atoms with E-state index in [-0.39, 0.29) is 24.1 Å². The second kappa shape index (κ2) is 6.57. The van der Waals surface area contributed by atoms with E-state index in [1.54, 1.807) is 37.1 Å². The zero-order valence-electron chi connectivity index (χ0n) is 11.7. The lowest BCUT2D eigenvalue weighted by Gasteiger charge is -2.15. The van der Waals surface area contributed by atoms with Gasteiger partial charge in [-0.3, -0.25) is 14.3 Å². The third kappa shape index (κ3) is 4.19. The minimum Gasteiger partial charge on any atom is -0.444 e. The van der Waals surface area contributed by atoms with Crippen LogP contribution in [0.4, 0.5) is 0 Å². The van der Waals surface area contributed by atoms with Crippen molar-refractivity contribution in [2.75, 3.05) is 13.6 Å². The number of furan rings is 1. The number of rotatable bonds is 5. The van der Waals surface area contributed by atoms with Gasteiger partial charge in [0.25, 0.3) is 5.91 Å². The Morgan fingerprint density at radius 3 is 2.81 bits per heavy atom. The van der Waals surface area contributed by atoms with E-state index in [0.717, 1.165) is 5.56 Å². The van der Waals surface area contributed by atoms with Crippen LogP contribution >= 0.6 is 15.9 Å². The molecule has 0 unspecified atom stereocenters. The summed E-state index contributed by atoms with van der Waals surface area (Å²) in [5.74, 6) is -0.415. The molecule has 0 fully saturated rings. The molecular formula is C13H15BrN4O3. The Kier molecular flexibility index (Phi) is 4.79. The van der Waals surface area contributed by atoms with Crippen LogP contribution in [-0.2, 0) is 18.4 Å². The van der Waals surface area contributed by atoms with Gasteiger partial charge in [0.15, 0.2) is 10.4 Å². The minimum atomic E-state index is -0.350. The quantitative estimate of drug-likeness (QED) is 0.873. The van der Waals surface area contributed by atoms with Crippen molar-refractivity contribution in [3.8, 4) is 0 Å². The molecule has 2 aromatic rings. The predicted octanol–water partition coefficient (Wildman–Crippen LogP) is 1.16. The van der Waals surface area contributed by atoms with Gasteiger partial charge in [-0.15, -0.1) is 0 Å². The lowest BCUT2D eigenvalue weighted by atomic mass is 10.3. The third-order valence-corrected chi connectivity index (χ3v) is 3.19. The van der Waals surface area contributed by atoms with Crippen molar-refractivity contribution < 1.29 is 14.0 Å². The second-order valence-electron chi connectivity index (χ2n) is 4.56. The molecule has 8 heteroatoms. The summed E-state index contributed by atoms with van der Waals surface area (Å²) in [5.41, 5.74) is 0.898. The lowest BCUT2D eigenvalue weighted by molar-refractivity contribution is -0.121. The summed E-state index contributed by atoms with van der Waals surface area (Å²) in [7, 11) is 3.35. The van der Waals surface area contributed by atoms with Crippen molar-refractivity contribution in [2.45, 2.75) is 6.54 Å². The standard InChI is InChI=1S/C13H15BrN4O3/c1-17(13(20)10-3-4-11(14)21-10)8-12(19)15-5-9-6-16-18(2)7-9/h3-4,6-7H,5,8H2,1-2H3,(H,15,19). The zero-order valence-corrected chi connectivity index (χ0v) is 13.3. The topological polar surface area (TPSA) is 80.4 Å². The number of likely N-dealkylation sites (N-methyl/N-ethyl adjacent to an activating group) is 1. The third-order valence-electron chi connectivity index (χ3n) is 2.76. The number of carbonyl (C=O) groups excluding carboxylic acids is 2. The average molecular weight is 355 g/mol. The Morgan fingerprint density at radius 1 is 1.48 bits per heavy atom. The first-order valence-corrected chi connectivity index (χ1v) is 7.00. The molecule has 0 aliphatic carbocycles. The van der Waals surface area contributed by atoms with E-state index >= 15 is 0 Å². The fraction of sp³-hybridized carbons (Fsp3) is 0.308. The van der Waals surface area contributed by atoms with Crippen LogP contribution < -0.4 is 5.32 Å². The number of nitrogens with one attached hydrogen (secondary N) is 1. The number of carbonyl (C=O) groups is 2. The van der Waals surface area contributed by atoms with Gasteiger partial charge in [0.2, 0.25) is 5.91 Å². The smallest absolute Gasteiger partial charge is 0.289 e. The Labute approximate surface area is 130 Å². The molecule has 1 N–H and O–H groups in total. The van der Waals surface area contributed by atoms with E-state index in [2.05, 4.69) is 26.3 Å². The van der Waals surface area contributed by atoms with Gasteiger partial charge in [-0.25, -0.2) is 0 Å². The van der Waals surface area contributed by atoms with E-state index in [9.17, 15) is 9.59 Å². The molecule has 0 atom stereocenters. The molecule has 2 rings (SSSR count). The fourth-order valence-electron chi connectivity index (χ4n) is 1.72. The van der Waals surface area contributed by atoms with Crippen LogP contribution in [0, 0.1) is 0 Å². The van der Waals surface area contributed by atoms with Gasteiger partial charge < -0.3 is 14.6 Å². The lowest BCUT2D eigenvalue weighted by Crippen LogP contribution is -2.37. The molecule has 7 nitrogen and oxygen atoms in total. The van der Waals surface area contributed by atoms with Crippen LogP contribution in [0.5, 0.6) is 0 Å². The molecule has 0 aromatic carbocycles. The van der Waals surface area contributed by atoms with Crippen molar-refractivity contribution >= 4 is 27.7 Å². The minimum absolute atomic E-state index is 0.0442. The monoisotopic (exact) mass is 354 g/mol. The highest BCUT2D eigenvalue weighted by atomic mass is 79.9. The summed E-state index contributed by atoms with van der Waals surface area (Å²) in [6.45, 7) is 0.332. The van der Waals surface area contributed by atoms with Crippen molar-refractivity contribution in [3.05, 3.63) is 40.5 Å². The van der Waals surface area contributed by atoms with Gasteiger partial charge >= 0.3 is 0 Å². The van der Waals surface area contributed by atoms with E-state index in [0.29, 0.717) is 11.2 Å². The molecule has 0 saturated heterocycles. The number of hydrogen-bond donors (Lipinski definition) is 1. The first-order chi connectivity index (χ1) is 9.95. The van der Waals surface area contributed by atoms with E-state index < -0.39 is 0 Å². The van der Waals surface area contributed by atoms with Crippen LogP contribution in [0.25, 0.3) is 0 Å². The van der Waals surface area contributed by atoms with Crippen molar-refractivity contribution in [2.24, 2.45) is 7.05 Å². The van der Waals surface area contributed by atoms with Crippen LogP contribution in [0.2, 0.25) is 0 Å². The molecule has 0 bridgehead atoms. The SMILES string of the molecule is CN(CC(=O)NCc1cnn(C)c1)C(=O)c1ccc(Br)o1. The first kappa shape index (κ1) is 15.3. The molecule has 0 saturated carbocycles. The molecular weight excluding hydrogens is 340 g/mol. The van der Waals surface area contributed by atoms with Crippen LogP contribution in [0.1, 0.15) is 16.1 Å². The van der Waals surface area contributed by atoms with Crippen molar-refractivity contribution in [1.29, 1.82) is 0 Å². The highest BCUT2D eigenvalue weighted by Crippen LogP contribution is 2.15. The van der Waals surface area contributed by atoms with Gasteiger partial charge in [0.1, 0.15) is 0 Å². The zero-order chi connectivity index (χ0) is 15.4. The average Bonchev–Trinajstić information content (AvgIpc) is 3.04. The summed E-state index contributed by atoms with van der Waals surface area (Å²) < 4.78 is 7.29. The maximum atomic E-state index is 12.0. The summed E-state index contributed by atoms with van der Waals surface area (Å²) >= 11 is 3.13. The number of amides is 2. The van der Waals surface area contributed by atoms with Crippen LogP contribution in [0.15, 0.2) is 33.6 Å². The molecule has 112 valence electrons. The Bertz CT molecular complexity index is 649. The maximum Gasteiger partial charge on any atom is 0.289 e. The summed E-state index contributed by atoms with van der Waals surface area (Å²) in [5, 5.41) is 6.74. The van der Waals surface area contributed by atoms with Crippen LogP contribution in [0.3, 0.4) is 0 Å². The van der Waals surface area contributed by atoms with Gasteiger partial charge in [0.05, 0.1) is 12.7 Å². The summed E-state index contributed by atoms with van der Waals surface area (Å²) in [4.78, 5) is 25.1. The van der Waals surface area contributed by atoms with Gasteiger partial charge in [0, 0.05) is 32.4 Å². The van der Waals surface area contributed by atoms with Crippen LogP contribution in [-0.4, -0.2) is 40.1 Å². The number of nitrogens with zero attached hydrogens (tertiary/aromatic N) is 3. The molecule has 2 amide bonds. The predicted molar refractivity (Wildman–Crippen MR) is 78.4 cm³/mol. The summed E-state index contributed by atoms with van der Waals surface area (Å²) in [6, 6.07) is 3.18. The Hall–Kier alpha value is -2.09. The number of aromatic nitrogens is 2. The van der Waals surface area contributed by atoms with E-state index in [1.165, 1.54) is 4.90 Å². The first-order valence-electron chi connectivity index (χ1n) is 6.20. The second-order valence-corrected chi connectivity index (χ2v) is 5.35. The van der Waals surface area contributed by atoms with Gasteiger partial charge in [-0.05, 0) is 28.1 Å². The normalized spacial score (nSPS) is 10.4. The maximum absolute atomic E-state index is 12.0. The molecule has 21 heavy (non-hydrogen) atoms. The molecule has 0 aliphatic heterocycles. The number of aryl methyl sites for hydroxylation is 1. The molecule has 0 aliphatic rings. The number of hydrogen-bond acceptors (Lipinski definition) is 4. The Morgan fingerprint density at radius 2 is 2.24 bits per heavy atom. The fourth-order valence-corrected chi connectivity index (χ4v) is 2.03. The highest BCUT2D eigenvalue weighted by molar-refractivity contribution is 9.10. The summed E-state index contributed by atoms with van der Waals surface area (Å²) in [6.07, 6.45) is 3.49. The number of halogens is 1. The molecule has 0 spiro atoms. The van der Waals surface area contributed by atoms with Crippen molar-refractivity contribution in [3.63, 3.8) is 0 Å². The van der Waals surface area contributed by atoms with E-state index in [4.69, 9.17) is 4.42 Å². The molecule has 0 radical (unpaired) electrons. The van der Waals surface area contributed by atoms with Crippen molar-refractivity contribution in [1.82, 2.24) is 20.0 Å². The Balaban J connectivity index is 1.83. The highest BCUT2D eigenvalue weighted by Gasteiger charge is 2.18. The molecule has 2 heterocycles. The van der Waals surface area contributed by atoms with Gasteiger partial charge in [-0.2, -0.15) is 5.10 Å².